The minimum absolute atomic E-state index is 0.0906. The fraction of sp³-hybridized carbons (Fsp3) is 0.667. The van der Waals surface area contributed by atoms with Crippen LogP contribution in [-0.4, -0.2) is 71.3 Å². The van der Waals surface area contributed by atoms with Crippen LogP contribution >= 0.6 is 0 Å². The van der Waals surface area contributed by atoms with Gasteiger partial charge in [0.15, 0.2) is 5.96 Å². The van der Waals surface area contributed by atoms with Gasteiger partial charge in [-0.15, -0.1) is 0 Å². The molecule has 1 saturated heterocycles. The molecule has 9 heteroatoms. The maximum absolute atomic E-state index is 12.5. The Bertz CT molecular complexity index is 760. The van der Waals surface area contributed by atoms with Gasteiger partial charge in [0.1, 0.15) is 0 Å². The molecule has 2 N–H and O–H groups in total. The molecule has 0 spiro atoms. The van der Waals surface area contributed by atoms with Crippen LogP contribution < -0.4 is 10.6 Å². The van der Waals surface area contributed by atoms with Gasteiger partial charge in [-0.05, 0) is 50.8 Å². The minimum Gasteiger partial charge on any atom is -0.379 e. The summed E-state index contributed by atoms with van der Waals surface area (Å²) < 4.78 is 37.6. The number of sulfonamides is 1. The van der Waals surface area contributed by atoms with Gasteiger partial charge in [0.2, 0.25) is 10.0 Å². The van der Waals surface area contributed by atoms with Crippen molar-refractivity contribution in [2.45, 2.75) is 56.7 Å². The Hall–Kier alpha value is -1.68. The fourth-order valence-electron chi connectivity index (χ4n) is 3.00. The zero-order valence-corrected chi connectivity index (χ0v) is 19.4. The molecular weight excluding hydrogens is 404 g/mol. The van der Waals surface area contributed by atoms with Gasteiger partial charge in [-0.1, -0.05) is 12.1 Å². The van der Waals surface area contributed by atoms with Crippen LogP contribution in [0.15, 0.2) is 34.2 Å². The van der Waals surface area contributed by atoms with E-state index in [0.717, 1.165) is 38.0 Å². The van der Waals surface area contributed by atoms with E-state index in [0.29, 0.717) is 30.6 Å². The molecule has 0 amide bonds. The van der Waals surface area contributed by atoms with Crippen LogP contribution in [-0.2, 0) is 26.0 Å². The predicted octanol–water partition coefficient (Wildman–Crippen LogP) is 1.97. The van der Waals surface area contributed by atoms with E-state index >= 15 is 0 Å². The first-order valence-corrected chi connectivity index (χ1v) is 12.0. The molecule has 0 radical (unpaired) electrons. The first-order valence-electron chi connectivity index (χ1n) is 10.6. The number of guanidine groups is 1. The van der Waals surface area contributed by atoms with Gasteiger partial charge in [-0.2, -0.15) is 4.31 Å². The van der Waals surface area contributed by atoms with E-state index < -0.39 is 10.0 Å². The van der Waals surface area contributed by atoms with E-state index in [4.69, 9.17) is 9.47 Å². The Morgan fingerprint density at radius 1 is 1.30 bits per heavy atom. The highest BCUT2D eigenvalue weighted by molar-refractivity contribution is 7.89. The second-order valence-electron chi connectivity index (χ2n) is 7.67. The standard InChI is InChI=1S/C21H36N4O4S/c1-17(2)25(4)30(26,27)20-10-8-18(9-11-20)15-24-21(22-3)23-12-6-13-28-16-19-7-5-14-29-19/h8-11,17,19H,5-7,12-16H2,1-4H3,(H2,22,23,24). The van der Waals surface area contributed by atoms with Gasteiger partial charge >= 0.3 is 0 Å². The van der Waals surface area contributed by atoms with Crippen LogP contribution in [0.25, 0.3) is 0 Å². The summed E-state index contributed by atoms with van der Waals surface area (Å²) in [6.07, 6.45) is 3.37. The summed E-state index contributed by atoms with van der Waals surface area (Å²) in [5, 5.41) is 6.49. The number of rotatable bonds is 11. The summed E-state index contributed by atoms with van der Waals surface area (Å²) in [4.78, 5) is 4.51. The van der Waals surface area contributed by atoms with Gasteiger partial charge in [-0.25, -0.2) is 8.42 Å². The average Bonchev–Trinajstić information content (AvgIpc) is 3.25. The Kier molecular flexibility index (Phi) is 10.0. The summed E-state index contributed by atoms with van der Waals surface area (Å²) in [5.74, 6) is 0.699. The molecule has 0 saturated carbocycles. The van der Waals surface area contributed by atoms with Crippen molar-refractivity contribution in [1.82, 2.24) is 14.9 Å². The second kappa shape index (κ2) is 12.2. The first-order chi connectivity index (χ1) is 14.3. The van der Waals surface area contributed by atoms with Crippen molar-refractivity contribution in [3.63, 3.8) is 0 Å². The molecule has 1 atom stereocenters. The van der Waals surface area contributed by atoms with Crippen LogP contribution in [0.1, 0.15) is 38.7 Å². The Morgan fingerprint density at radius 2 is 2.03 bits per heavy atom. The minimum atomic E-state index is -3.46. The van der Waals surface area contributed by atoms with Crippen LogP contribution in [0.3, 0.4) is 0 Å². The van der Waals surface area contributed by atoms with Crippen molar-refractivity contribution < 1.29 is 17.9 Å². The Morgan fingerprint density at radius 3 is 2.63 bits per heavy atom. The zero-order valence-electron chi connectivity index (χ0n) is 18.6. The predicted molar refractivity (Wildman–Crippen MR) is 119 cm³/mol. The second-order valence-corrected chi connectivity index (χ2v) is 9.67. The topological polar surface area (TPSA) is 92.3 Å². The van der Waals surface area contributed by atoms with E-state index in [2.05, 4.69) is 15.6 Å². The number of hydrogen-bond acceptors (Lipinski definition) is 5. The molecule has 1 aliphatic rings. The van der Waals surface area contributed by atoms with E-state index in [9.17, 15) is 8.42 Å². The summed E-state index contributed by atoms with van der Waals surface area (Å²) in [5.41, 5.74) is 0.976. The van der Waals surface area contributed by atoms with Crippen molar-refractivity contribution in [1.29, 1.82) is 0 Å². The molecule has 1 aromatic carbocycles. The lowest BCUT2D eigenvalue weighted by Gasteiger charge is -2.21. The Balaban J connectivity index is 1.70. The number of benzene rings is 1. The van der Waals surface area contributed by atoms with Crippen molar-refractivity contribution >= 4 is 16.0 Å². The molecule has 0 bridgehead atoms. The molecule has 0 aromatic heterocycles. The largest absolute Gasteiger partial charge is 0.379 e. The molecular formula is C21H36N4O4S. The van der Waals surface area contributed by atoms with E-state index in [1.807, 2.05) is 26.0 Å². The first kappa shape index (κ1) is 24.6. The number of ether oxygens (including phenoxy) is 2. The molecule has 1 aromatic rings. The van der Waals surface area contributed by atoms with Gasteiger partial charge in [-0.3, -0.25) is 4.99 Å². The summed E-state index contributed by atoms with van der Waals surface area (Å²) in [7, 11) is -0.140. The highest BCUT2D eigenvalue weighted by Crippen LogP contribution is 2.17. The summed E-state index contributed by atoms with van der Waals surface area (Å²) in [6.45, 7) is 7.22. The van der Waals surface area contributed by atoms with Crippen molar-refractivity contribution in [3.05, 3.63) is 29.8 Å². The summed E-state index contributed by atoms with van der Waals surface area (Å²) in [6, 6.07) is 6.84. The lowest BCUT2D eigenvalue weighted by molar-refractivity contribution is 0.0168. The third-order valence-electron chi connectivity index (χ3n) is 5.10. The summed E-state index contributed by atoms with van der Waals surface area (Å²) >= 11 is 0. The number of nitrogens with zero attached hydrogens (tertiary/aromatic N) is 2. The normalized spacial score (nSPS) is 17.7. The number of hydrogen-bond donors (Lipinski definition) is 2. The lowest BCUT2D eigenvalue weighted by atomic mass is 10.2. The third-order valence-corrected chi connectivity index (χ3v) is 7.14. The van der Waals surface area contributed by atoms with Gasteiger partial charge in [0.25, 0.3) is 0 Å². The van der Waals surface area contributed by atoms with Gasteiger partial charge < -0.3 is 20.1 Å². The molecule has 1 aliphatic heterocycles. The molecule has 30 heavy (non-hydrogen) atoms. The maximum Gasteiger partial charge on any atom is 0.243 e. The maximum atomic E-state index is 12.5. The number of aliphatic imine (C=N–C) groups is 1. The molecule has 8 nitrogen and oxygen atoms in total. The molecule has 0 aliphatic carbocycles. The van der Waals surface area contributed by atoms with Crippen LogP contribution in [0.4, 0.5) is 0 Å². The number of nitrogens with one attached hydrogen (secondary N) is 2. The molecule has 1 unspecified atom stereocenters. The monoisotopic (exact) mass is 440 g/mol. The van der Waals surface area contributed by atoms with Crippen LogP contribution in [0, 0.1) is 0 Å². The van der Waals surface area contributed by atoms with Crippen molar-refractivity contribution in [2.24, 2.45) is 4.99 Å². The van der Waals surface area contributed by atoms with E-state index in [1.54, 1.807) is 26.2 Å². The Labute approximate surface area is 181 Å². The molecule has 2 rings (SSSR count). The van der Waals surface area contributed by atoms with Crippen molar-refractivity contribution in [3.8, 4) is 0 Å². The molecule has 1 fully saturated rings. The van der Waals surface area contributed by atoms with Gasteiger partial charge in [0, 0.05) is 46.4 Å². The van der Waals surface area contributed by atoms with Gasteiger partial charge in [0.05, 0.1) is 17.6 Å². The molecule has 1 heterocycles. The van der Waals surface area contributed by atoms with Crippen LogP contribution in [0.5, 0.6) is 0 Å². The average molecular weight is 441 g/mol. The third kappa shape index (κ3) is 7.54. The highest BCUT2D eigenvalue weighted by atomic mass is 32.2. The lowest BCUT2D eigenvalue weighted by Crippen LogP contribution is -2.37. The SMILES string of the molecule is CN=C(NCCCOCC1CCCO1)NCc1ccc(S(=O)(=O)N(C)C(C)C)cc1. The van der Waals surface area contributed by atoms with Crippen molar-refractivity contribution in [2.75, 3.05) is 40.5 Å². The van der Waals surface area contributed by atoms with E-state index in [1.165, 1.54) is 4.31 Å². The zero-order chi connectivity index (χ0) is 22.0. The molecule has 170 valence electrons. The quantitative estimate of drug-likeness (QED) is 0.311. The smallest absolute Gasteiger partial charge is 0.243 e. The van der Waals surface area contributed by atoms with Crippen LogP contribution in [0.2, 0.25) is 0 Å². The van der Waals surface area contributed by atoms with E-state index in [-0.39, 0.29) is 12.1 Å². The highest BCUT2D eigenvalue weighted by Gasteiger charge is 2.22. The fourth-order valence-corrected chi connectivity index (χ4v) is 4.37.